The van der Waals surface area contributed by atoms with Crippen LogP contribution in [0.5, 0.6) is 5.75 Å². The van der Waals surface area contributed by atoms with Crippen molar-refractivity contribution < 1.29 is 9.90 Å². The van der Waals surface area contributed by atoms with E-state index in [9.17, 15) is 9.90 Å². The van der Waals surface area contributed by atoms with Crippen LogP contribution in [0.3, 0.4) is 0 Å². The lowest BCUT2D eigenvalue weighted by Crippen LogP contribution is -2.41. The van der Waals surface area contributed by atoms with Crippen LogP contribution in [0.25, 0.3) is 10.4 Å². The fourth-order valence-corrected chi connectivity index (χ4v) is 3.73. The summed E-state index contributed by atoms with van der Waals surface area (Å²) in [4.78, 5) is 17.5. The average molecular weight is 331 g/mol. The first-order valence-electron chi connectivity index (χ1n) is 7.83. The maximum atomic E-state index is 12.2. The third kappa shape index (κ3) is 3.38. The van der Waals surface area contributed by atoms with Crippen LogP contribution < -0.4 is 10.6 Å². The van der Waals surface area contributed by atoms with Crippen LogP contribution in [-0.4, -0.2) is 28.6 Å². The molecule has 6 heteroatoms. The van der Waals surface area contributed by atoms with Crippen molar-refractivity contribution in [3.05, 3.63) is 35.0 Å². The molecule has 1 unspecified atom stereocenters. The van der Waals surface area contributed by atoms with Crippen LogP contribution in [0.2, 0.25) is 0 Å². The van der Waals surface area contributed by atoms with Crippen molar-refractivity contribution in [1.29, 1.82) is 0 Å². The highest BCUT2D eigenvalue weighted by molar-refractivity contribution is 7.13. The van der Waals surface area contributed by atoms with E-state index in [1.54, 1.807) is 22.9 Å². The van der Waals surface area contributed by atoms with Gasteiger partial charge in [0.05, 0.1) is 28.2 Å². The number of carbonyl (C=O) groups excluding carboxylic acids is 1. The molecule has 5 nitrogen and oxygen atoms in total. The number of rotatable bonds is 4. The number of aryl methyl sites for hydroxylation is 1. The molecule has 0 bridgehead atoms. The monoisotopic (exact) mass is 331 g/mol. The molecular formula is C17H21N3O2S. The van der Waals surface area contributed by atoms with E-state index in [0.29, 0.717) is 0 Å². The van der Waals surface area contributed by atoms with Gasteiger partial charge in [-0.2, -0.15) is 0 Å². The van der Waals surface area contributed by atoms with Crippen molar-refractivity contribution in [3.63, 3.8) is 0 Å². The number of nitrogens with zero attached hydrogens (tertiary/aromatic N) is 1. The summed E-state index contributed by atoms with van der Waals surface area (Å²) in [5, 5.41) is 16.5. The van der Waals surface area contributed by atoms with Crippen molar-refractivity contribution in [1.82, 2.24) is 15.6 Å². The summed E-state index contributed by atoms with van der Waals surface area (Å²) in [6, 6.07) is 5.23. The summed E-state index contributed by atoms with van der Waals surface area (Å²) >= 11 is 1.55. The van der Waals surface area contributed by atoms with Gasteiger partial charge >= 0.3 is 0 Å². The first kappa shape index (κ1) is 16.0. The van der Waals surface area contributed by atoms with Crippen molar-refractivity contribution >= 4 is 17.2 Å². The fourth-order valence-electron chi connectivity index (χ4n) is 2.93. The maximum absolute atomic E-state index is 12.2. The first-order valence-corrected chi connectivity index (χ1v) is 8.71. The van der Waals surface area contributed by atoms with E-state index < -0.39 is 0 Å². The Morgan fingerprint density at radius 1 is 1.52 bits per heavy atom. The van der Waals surface area contributed by atoms with Crippen LogP contribution in [0.15, 0.2) is 23.7 Å². The Morgan fingerprint density at radius 3 is 2.96 bits per heavy atom. The van der Waals surface area contributed by atoms with Gasteiger partial charge in [-0.1, -0.05) is 12.1 Å². The maximum Gasteiger partial charge on any atom is 0.237 e. The number of amides is 1. The van der Waals surface area contributed by atoms with E-state index in [1.165, 1.54) is 0 Å². The number of benzene rings is 1. The van der Waals surface area contributed by atoms with E-state index in [2.05, 4.69) is 15.6 Å². The first-order chi connectivity index (χ1) is 11.1. The van der Waals surface area contributed by atoms with Gasteiger partial charge in [0.15, 0.2) is 0 Å². The molecule has 0 aliphatic carbocycles. The molecule has 0 radical (unpaired) electrons. The van der Waals surface area contributed by atoms with Gasteiger partial charge in [-0.25, -0.2) is 4.98 Å². The molecule has 2 aromatic rings. The van der Waals surface area contributed by atoms with Crippen LogP contribution in [0.4, 0.5) is 0 Å². The molecule has 0 saturated carbocycles. The molecule has 1 aliphatic rings. The number of phenols is 1. The fraction of sp³-hybridized carbons (Fsp3) is 0.412. The van der Waals surface area contributed by atoms with Crippen LogP contribution in [0.1, 0.15) is 37.1 Å². The van der Waals surface area contributed by atoms with Crippen LogP contribution in [0, 0.1) is 6.92 Å². The summed E-state index contributed by atoms with van der Waals surface area (Å²) in [5.74, 6) is 0.194. The third-order valence-electron chi connectivity index (χ3n) is 4.24. The zero-order valence-electron chi connectivity index (χ0n) is 13.3. The molecule has 2 atom stereocenters. The number of aromatic nitrogens is 1. The van der Waals surface area contributed by atoms with Crippen molar-refractivity contribution in [2.24, 2.45) is 0 Å². The summed E-state index contributed by atoms with van der Waals surface area (Å²) in [6.45, 7) is 4.73. The van der Waals surface area contributed by atoms with Gasteiger partial charge in [0.25, 0.3) is 0 Å². The minimum absolute atomic E-state index is 0.00298. The Hall–Kier alpha value is -1.92. The smallest absolute Gasteiger partial charge is 0.237 e. The molecule has 3 N–H and O–H groups in total. The zero-order valence-corrected chi connectivity index (χ0v) is 14.1. The SMILES string of the molecule is Cc1ncsc1-c1ccc([C@H](C)NC(=O)C2CCCN2)c(O)c1. The van der Waals surface area contributed by atoms with Crippen LogP contribution in [-0.2, 0) is 4.79 Å². The Balaban J connectivity index is 1.75. The highest BCUT2D eigenvalue weighted by atomic mass is 32.1. The molecular weight excluding hydrogens is 310 g/mol. The molecule has 1 aliphatic heterocycles. The summed E-state index contributed by atoms with van der Waals surface area (Å²) in [5.41, 5.74) is 4.42. The Bertz CT molecular complexity index is 708. The van der Waals surface area contributed by atoms with Crippen molar-refractivity contribution in [3.8, 4) is 16.2 Å². The number of phenolic OH excluding ortho intramolecular Hbond substituents is 1. The highest BCUT2D eigenvalue weighted by Crippen LogP contribution is 2.33. The van der Waals surface area contributed by atoms with E-state index in [-0.39, 0.29) is 23.7 Å². The third-order valence-corrected chi connectivity index (χ3v) is 5.22. The number of nitrogens with one attached hydrogen (secondary N) is 2. The van der Waals surface area contributed by atoms with E-state index in [0.717, 1.165) is 41.1 Å². The number of carbonyl (C=O) groups is 1. The molecule has 1 amide bonds. The van der Waals surface area contributed by atoms with Gasteiger partial charge in [-0.05, 0) is 44.9 Å². The molecule has 1 saturated heterocycles. The predicted molar refractivity (Wildman–Crippen MR) is 91.5 cm³/mol. The zero-order chi connectivity index (χ0) is 16.4. The van der Waals surface area contributed by atoms with Gasteiger partial charge < -0.3 is 15.7 Å². The second-order valence-corrected chi connectivity index (χ2v) is 6.77. The van der Waals surface area contributed by atoms with Gasteiger partial charge in [0, 0.05) is 5.56 Å². The number of aromatic hydroxyl groups is 1. The molecule has 1 aromatic carbocycles. The predicted octanol–water partition coefficient (Wildman–Crippen LogP) is 2.75. The van der Waals surface area contributed by atoms with Gasteiger partial charge in [-0.15, -0.1) is 11.3 Å². The Morgan fingerprint density at radius 2 is 2.35 bits per heavy atom. The molecule has 1 fully saturated rings. The van der Waals surface area contributed by atoms with E-state index >= 15 is 0 Å². The Kier molecular flexibility index (Phi) is 4.63. The molecule has 23 heavy (non-hydrogen) atoms. The van der Waals surface area contributed by atoms with Gasteiger partial charge in [0.2, 0.25) is 5.91 Å². The average Bonchev–Trinajstić information content (AvgIpc) is 3.18. The minimum atomic E-state index is -0.235. The Labute approximate surface area is 139 Å². The molecule has 3 rings (SSSR count). The second-order valence-electron chi connectivity index (χ2n) is 5.92. The normalized spacial score (nSPS) is 18.8. The van der Waals surface area contributed by atoms with Crippen molar-refractivity contribution in [2.75, 3.05) is 6.54 Å². The number of hydrogen-bond acceptors (Lipinski definition) is 5. The van der Waals surface area contributed by atoms with E-state index in [1.807, 2.05) is 26.0 Å². The van der Waals surface area contributed by atoms with Gasteiger partial charge in [0.1, 0.15) is 5.75 Å². The highest BCUT2D eigenvalue weighted by Gasteiger charge is 2.24. The number of thiazole rings is 1. The lowest BCUT2D eigenvalue weighted by atomic mass is 10.0. The number of hydrogen-bond donors (Lipinski definition) is 3. The molecule has 0 spiro atoms. The lowest BCUT2D eigenvalue weighted by Gasteiger charge is -2.19. The minimum Gasteiger partial charge on any atom is -0.508 e. The summed E-state index contributed by atoms with van der Waals surface area (Å²) in [7, 11) is 0. The van der Waals surface area contributed by atoms with E-state index in [4.69, 9.17) is 0 Å². The van der Waals surface area contributed by atoms with Crippen LogP contribution >= 0.6 is 11.3 Å². The summed E-state index contributed by atoms with van der Waals surface area (Å²) < 4.78 is 0. The summed E-state index contributed by atoms with van der Waals surface area (Å²) in [6.07, 6.45) is 1.90. The second kappa shape index (κ2) is 6.68. The standard InChI is InChI=1S/C17H21N3O2S/c1-10(20-17(22)14-4-3-7-18-14)13-6-5-12(8-15(13)21)16-11(2)19-9-23-16/h5-6,8-10,14,18,21H,3-4,7H2,1-2H3,(H,20,22)/t10-,14?/m0/s1. The topological polar surface area (TPSA) is 74.2 Å². The lowest BCUT2D eigenvalue weighted by molar-refractivity contribution is -0.123. The largest absolute Gasteiger partial charge is 0.508 e. The molecule has 1 aromatic heterocycles. The van der Waals surface area contributed by atoms with Gasteiger partial charge in [-0.3, -0.25) is 4.79 Å². The molecule has 122 valence electrons. The quantitative estimate of drug-likeness (QED) is 0.805. The molecule has 2 heterocycles. The van der Waals surface area contributed by atoms with Crippen molar-refractivity contribution in [2.45, 2.75) is 38.8 Å².